The fourth-order valence-corrected chi connectivity index (χ4v) is 4.92. The summed E-state index contributed by atoms with van der Waals surface area (Å²) in [6.45, 7) is 10.7. The van der Waals surface area contributed by atoms with E-state index < -0.39 is 0 Å². The standard InChI is InChI=1S/C26H31N3O3S/c1-19-22-9-17-33-25(22)26(30)27-10-5-8-23(31-3)24(19)20-6-4-7-21(18-20)32-16-15-29-13-11-28(2)12-14-29/h4-9,17-18H,1,10-16H2,2-3H3,(H,27,30)/b8-5-,24-23-. The zero-order valence-corrected chi connectivity index (χ0v) is 20.1. The molecule has 0 unspecified atom stereocenters. The van der Waals surface area contributed by atoms with E-state index in [0.29, 0.717) is 23.8 Å². The number of carbonyl (C=O) groups excluding carboxylic acids is 1. The lowest BCUT2D eigenvalue weighted by Gasteiger charge is -2.32. The largest absolute Gasteiger partial charge is 0.496 e. The van der Waals surface area contributed by atoms with Crippen LogP contribution in [0.25, 0.3) is 11.1 Å². The van der Waals surface area contributed by atoms with E-state index in [1.807, 2.05) is 47.9 Å². The van der Waals surface area contributed by atoms with Crippen LogP contribution in [0.15, 0.2) is 60.2 Å². The maximum Gasteiger partial charge on any atom is 0.262 e. The number of methoxy groups -OCH3 is 1. The number of likely N-dealkylation sites (N-methyl/N-ethyl adjacent to an activating group) is 1. The Kier molecular flexibility index (Phi) is 7.65. The van der Waals surface area contributed by atoms with Gasteiger partial charge in [-0.3, -0.25) is 9.69 Å². The van der Waals surface area contributed by atoms with Gasteiger partial charge in [-0.2, -0.15) is 0 Å². The van der Waals surface area contributed by atoms with Gasteiger partial charge in [-0.1, -0.05) is 24.8 Å². The van der Waals surface area contributed by atoms with Crippen LogP contribution in [0.2, 0.25) is 0 Å². The Morgan fingerprint density at radius 3 is 2.79 bits per heavy atom. The molecule has 4 rings (SSSR count). The fraction of sp³-hybridized carbons (Fsp3) is 0.346. The van der Waals surface area contributed by atoms with Crippen LogP contribution >= 0.6 is 11.3 Å². The van der Waals surface area contributed by atoms with Gasteiger partial charge in [0.2, 0.25) is 0 Å². The van der Waals surface area contributed by atoms with Crippen molar-refractivity contribution >= 4 is 28.4 Å². The third-order valence-electron chi connectivity index (χ3n) is 6.01. The first-order valence-electron chi connectivity index (χ1n) is 11.2. The highest BCUT2D eigenvalue weighted by atomic mass is 32.1. The molecule has 6 nitrogen and oxygen atoms in total. The summed E-state index contributed by atoms with van der Waals surface area (Å²) in [5, 5.41) is 4.83. The van der Waals surface area contributed by atoms with Gasteiger partial charge >= 0.3 is 0 Å². The Bertz CT molecular complexity index is 1060. The second kappa shape index (κ2) is 10.8. The molecule has 1 aromatic carbocycles. The molecule has 2 aromatic rings. The molecule has 174 valence electrons. The molecule has 1 fully saturated rings. The lowest BCUT2D eigenvalue weighted by Crippen LogP contribution is -2.45. The molecule has 0 bridgehead atoms. The van der Waals surface area contributed by atoms with Gasteiger partial charge in [0, 0.05) is 50.4 Å². The van der Waals surface area contributed by atoms with Gasteiger partial charge < -0.3 is 19.7 Å². The summed E-state index contributed by atoms with van der Waals surface area (Å²) in [4.78, 5) is 18.0. The molecule has 1 saturated heterocycles. The third-order valence-corrected chi connectivity index (χ3v) is 6.92. The van der Waals surface area contributed by atoms with E-state index in [0.717, 1.165) is 60.7 Å². The highest BCUT2D eigenvalue weighted by Gasteiger charge is 2.22. The molecule has 1 aromatic heterocycles. The van der Waals surface area contributed by atoms with Gasteiger partial charge in [0.1, 0.15) is 18.1 Å². The molecular formula is C26H31N3O3S. The first-order chi connectivity index (χ1) is 16.1. The number of piperazine rings is 1. The molecule has 7 heteroatoms. The zero-order chi connectivity index (χ0) is 23.2. The summed E-state index contributed by atoms with van der Waals surface area (Å²) < 4.78 is 11.9. The maximum absolute atomic E-state index is 12.6. The molecule has 1 N–H and O–H groups in total. The van der Waals surface area contributed by atoms with Gasteiger partial charge in [-0.25, -0.2) is 0 Å². The average Bonchev–Trinajstić information content (AvgIpc) is 3.32. The van der Waals surface area contributed by atoms with Crippen molar-refractivity contribution in [2.45, 2.75) is 0 Å². The molecule has 0 radical (unpaired) electrons. The highest BCUT2D eigenvalue weighted by Crippen LogP contribution is 2.38. The summed E-state index contributed by atoms with van der Waals surface area (Å²) >= 11 is 1.42. The minimum atomic E-state index is -0.0907. The lowest BCUT2D eigenvalue weighted by atomic mass is 9.92. The number of hydrogen-bond donors (Lipinski definition) is 1. The van der Waals surface area contributed by atoms with E-state index in [1.165, 1.54) is 11.3 Å². The van der Waals surface area contributed by atoms with Gasteiger partial charge in [0.15, 0.2) is 0 Å². The highest BCUT2D eigenvalue weighted by molar-refractivity contribution is 7.12. The number of amides is 1. The molecule has 0 aliphatic carbocycles. The summed E-state index contributed by atoms with van der Waals surface area (Å²) in [5.41, 5.74) is 3.36. The van der Waals surface area contributed by atoms with E-state index in [1.54, 1.807) is 7.11 Å². The summed E-state index contributed by atoms with van der Waals surface area (Å²) in [7, 11) is 3.82. The maximum atomic E-state index is 12.6. The van der Waals surface area contributed by atoms with Crippen LogP contribution in [0.1, 0.15) is 20.8 Å². The number of rotatable bonds is 6. The van der Waals surface area contributed by atoms with E-state index >= 15 is 0 Å². The Balaban J connectivity index is 1.58. The summed E-state index contributed by atoms with van der Waals surface area (Å²) in [6, 6.07) is 9.95. The quantitative estimate of drug-likeness (QED) is 0.704. The normalized spacial score (nSPS) is 21.3. The van der Waals surface area contributed by atoms with Gasteiger partial charge in [-0.15, -0.1) is 11.3 Å². The van der Waals surface area contributed by atoms with Crippen LogP contribution in [0.3, 0.4) is 0 Å². The van der Waals surface area contributed by atoms with Crippen molar-refractivity contribution < 1.29 is 14.3 Å². The molecular weight excluding hydrogens is 434 g/mol. The number of hydrogen-bond acceptors (Lipinski definition) is 6. The zero-order valence-electron chi connectivity index (χ0n) is 19.3. The average molecular weight is 466 g/mol. The molecule has 0 saturated carbocycles. The van der Waals surface area contributed by atoms with Crippen LogP contribution in [0.5, 0.6) is 5.75 Å². The monoisotopic (exact) mass is 465 g/mol. The van der Waals surface area contributed by atoms with E-state index in [9.17, 15) is 4.79 Å². The van der Waals surface area contributed by atoms with Crippen molar-refractivity contribution in [1.82, 2.24) is 15.1 Å². The van der Waals surface area contributed by atoms with E-state index in [-0.39, 0.29) is 5.91 Å². The van der Waals surface area contributed by atoms with Crippen molar-refractivity contribution in [2.24, 2.45) is 0 Å². The fourth-order valence-electron chi connectivity index (χ4n) is 4.08. The number of nitrogens with zero attached hydrogens (tertiary/aromatic N) is 2. The number of ether oxygens (including phenoxy) is 2. The summed E-state index contributed by atoms with van der Waals surface area (Å²) in [5.74, 6) is 1.41. The Hall–Kier alpha value is -2.87. The second-order valence-corrected chi connectivity index (χ2v) is 9.14. The van der Waals surface area contributed by atoms with Crippen molar-refractivity contribution in [3.05, 3.63) is 76.2 Å². The molecule has 0 spiro atoms. The van der Waals surface area contributed by atoms with E-state index in [4.69, 9.17) is 9.47 Å². The molecule has 2 aliphatic rings. The van der Waals surface area contributed by atoms with Crippen molar-refractivity contribution in [1.29, 1.82) is 0 Å². The number of benzene rings is 1. The van der Waals surface area contributed by atoms with Crippen LogP contribution in [0, 0.1) is 0 Å². The van der Waals surface area contributed by atoms with Crippen LogP contribution < -0.4 is 10.1 Å². The van der Waals surface area contributed by atoms with Crippen LogP contribution in [-0.4, -0.2) is 75.7 Å². The molecule has 2 aliphatic heterocycles. The Morgan fingerprint density at radius 2 is 2.00 bits per heavy atom. The first kappa shape index (κ1) is 23.3. The smallest absolute Gasteiger partial charge is 0.262 e. The summed E-state index contributed by atoms with van der Waals surface area (Å²) in [6.07, 6.45) is 3.78. The predicted octanol–water partition coefficient (Wildman–Crippen LogP) is 3.74. The first-order valence-corrected chi connectivity index (χ1v) is 12.1. The van der Waals surface area contributed by atoms with Crippen molar-refractivity contribution in [2.75, 3.05) is 60.0 Å². The lowest BCUT2D eigenvalue weighted by molar-refractivity contribution is 0.0961. The third kappa shape index (κ3) is 5.55. The molecule has 33 heavy (non-hydrogen) atoms. The van der Waals surface area contributed by atoms with Crippen molar-refractivity contribution in [3.63, 3.8) is 0 Å². The van der Waals surface area contributed by atoms with Crippen LogP contribution in [-0.2, 0) is 4.74 Å². The second-order valence-electron chi connectivity index (χ2n) is 8.22. The topological polar surface area (TPSA) is 54.0 Å². The number of thiophene rings is 1. The number of carbonyl (C=O) groups is 1. The Morgan fingerprint density at radius 1 is 1.18 bits per heavy atom. The van der Waals surface area contributed by atoms with Gasteiger partial charge in [-0.05, 0) is 47.8 Å². The number of fused-ring (bicyclic) bond motifs is 1. The minimum absolute atomic E-state index is 0.0907. The molecule has 0 atom stereocenters. The van der Waals surface area contributed by atoms with Gasteiger partial charge in [0.25, 0.3) is 5.91 Å². The number of allylic oxidation sites excluding steroid dienone is 3. The minimum Gasteiger partial charge on any atom is -0.496 e. The Labute approximate surface area is 199 Å². The van der Waals surface area contributed by atoms with Gasteiger partial charge in [0.05, 0.1) is 12.0 Å². The predicted molar refractivity (Wildman–Crippen MR) is 135 cm³/mol. The van der Waals surface area contributed by atoms with E-state index in [2.05, 4.69) is 28.7 Å². The van der Waals surface area contributed by atoms with Crippen LogP contribution in [0.4, 0.5) is 0 Å². The molecule has 3 heterocycles. The molecule has 1 amide bonds. The number of nitrogens with one attached hydrogen (secondary N) is 1. The SMILES string of the molecule is C=C1/C(c2cccc(OCCN3CCN(C)CC3)c2)=C(OC)\C=C/CNC(=O)c2sccc21. The van der Waals surface area contributed by atoms with Crippen molar-refractivity contribution in [3.8, 4) is 5.75 Å².